The van der Waals surface area contributed by atoms with E-state index < -0.39 is 0 Å². The summed E-state index contributed by atoms with van der Waals surface area (Å²) in [6, 6.07) is 7.73. The van der Waals surface area contributed by atoms with Crippen LogP contribution in [0.25, 0.3) is 5.69 Å². The summed E-state index contributed by atoms with van der Waals surface area (Å²) in [4.78, 5) is 12.9. The number of carbonyl (C=O) groups excluding carboxylic acids is 1. The van der Waals surface area contributed by atoms with Gasteiger partial charge in [0.25, 0.3) is 0 Å². The molecule has 158 valence electrons. The van der Waals surface area contributed by atoms with Crippen molar-refractivity contribution in [3.63, 3.8) is 0 Å². The Hall–Kier alpha value is -2.56. The SMILES string of the molecule is COCCNc1nnc(SCC(=O)c2cc(C)n(-c3ccc4c(c3)OCO4)c2C)s1. The lowest BCUT2D eigenvalue weighted by atomic mass is 10.2. The number of carbonyl (C=O) groups is 1. The van der Waals surface area contributed by atoms with Gasteiger partial charge in [0, 0.05) is 42.4 Å². The quantitative estimate of drug-likeness (QED) is 0.302. The van der Waals surface area contributed by atoms with Crippen LogP contribution in [0.15, 0.2) is 28.6 Å². The van der Waals surface area contributed by atoms with E-state index in [2.05, 4.69) is 20.1 Å². The molecule has 0 fully saturated rings. The molecule has 0 unspecified atom stereocenters. The molecule has 1 aliphatic rings. The molecule has 30 heavy (non-hydrogen) atoms. The molecule has 0 spiro atoms. The van der Waals surface area contributed by atoms with Crippen molar-refractivity contribution in [2.75, 3.05) is 38.1 Å². The van der Waals surface area contributed by atoms with Crippen molar-refractivity contribution in [1.82, 2.24) is 14.8 Å². The van der Waals surface area contributed by atoms with Gasteiger partial charge in [0.1, 0.15) is 0 Å². The van der Waals surface area contributed by atoms with Gasteiger partial charge in [-0.15, -0.1) is 10.2 Å². The fourth-order valence-corrected chi connectivity index (χ4v) is 4.93. The van der Waals surface area contributed by atoms with E-state index in [1.54, 1.807) is 7.11 Å². The van der Waals surface area contributed by atoms with Crippen LogP contribution in [0.1, 0.15) is 21.7 Å². The van der Waals surface area contributed by atoms with Gasteiger partial charge in [0.2, 0.25) is 11.9 Å². The van der Waals surface area contributed by atoms with Gasteiger partial charge in [-0.2, -0.15) is 0 Å². The summed E-state index contributed by atoms with van der Waals surface area (Å²) in [7, 11) is 1.65. The van der Waals surface area contributed by atoms with Crippen molar-refractivity contribution < 1.29 is 19.0 Å². The standard InChI is InChI=1S/C20H22N4O4S2/c1-12-8-15(13(2)24(12)14-4-5-17-18(9-14)28-11-27-17)16(25)10-29-20-23-22-19(30-20)21-6-7-26-3/h4-5,8-9H,6-7,10-11H2,1-3H3,(H,21,22). The maximum absolute atomic E-state index is 12.9. The largest absolute Gasteiger partial charge is 0.454 e. The number of nitrogens with one attached hydrogen (secondary N) is 1. The van der Waals surface area contributed by atoms with Crippen LogP contribution in [0.5, 0.6) is 11.5 Å². The van der Waals surface area contributed by atoms with E-state index in [0.29, 0.717) is 24.5 Å². The first-order valence-electron chi connectivity index (χ1n) is 9.38. The number of nitrogens with zero attached hydrogens (tertiary/aromatic N) is 3. The number of ketones is 1. The minimum Gasteiger partial charge on any atom is -0.454 e. The molecule has 4 rings (SSSR count). The minimum atomic E-state index is 0.0594. The fourth-order valence-electron chi connectivity index (χ4n) is 3.27. The zero-order chi connectivity index (χ0) is 21.1. The molecule has 2 aromatic heterocycles. The first-order chi connectivity index (χ1) is 14.6. The molecule has 0 saturated heterocycles. The number of rotatable bonds is 9. The molecular weight excluding hydrogens is 424 g/mol. The number of hydrogen-bond donors (Lipinski definition) is 1. The van der Waals surface area contributed by atoms with Crippen molar-refractivity contribution in [3.05, 3.63) is 41.2 Å². The van der Waals surface area contributed by atoms with Crippen LogP contribution in [-0.2, 0) is 4.74 Å². The normalized spacial score (nSPS) is 12.4. The molecule has 0 aliphatic carbocycles. The van der Waals surface area contributed by atoms with Gasteiger partial charge >= 0.3 is 0 Å². The fraction of sp³-hybridized carbons (Fsp3) is 0.350. The number of aromatic nitrogens is 3. The first kappa shape index (κ1) is 20.7. The molecule has 3 heterocycles. The lowest BCUT2D eigenvalue weighted by Crippen LogP contribution is -2.06. The molecule has 3 aromatic rings. The molecule has 0 radical (unpaired) electrons. The molecule has 0 atom stereocenters. The second kappa shape index (κ2) is 9.07. The summed E-state index contributed by atoms with van der Waals surface area (Å²) < 4.78 is 18.7. The van der Waals surface area contributed by atoms with Gasteiger partial charge in [-0.3, -0.25) is 4.79 Å². The lowest BCUT2D eigenvalue weighted by Gasteiger charge is -2.10. The smallest absolute Gasteiger partial charge is 0.231 e. The van der Waals surface area contributed by atoms with E-state index in [4.69, 9.17) is 14.2 Å². The predicted molar refractivity (Wildman–Crippen MR) is 117 cm³/mol. The maximum Gasteiger partial charge on any atom is 0.231 e. The van der Waals surface area contributed by atoms with E-state index in [0.717, 1.165) is 38.0 Å². The molecule has 1 aliphatic heterocycles. The van der Waals surface area contributed by atoms with Gasteiger partial charge in [0.15, 0.2) is 21.6 Å². The molecular formula is C20H22N4O4S2. The van der Waals surface area contributed by atoms with Crippen molar-refractivity contribution in [2.45, 2.75) is 18.2 Å². The maximum atomic E-state index is 12.9. The van der Waals surface area contributed by atoms with E-state index in [9.17, 15) is 4.79 Å². The highest BCUT2D eigenvalue weighted by Gasteiger charge is 2.20. The Kier molecular flexibility index (Phi) is 6.26. The minimum absolute atomic E-state index is 0.0594. The number of hydrogen-bond acceptors (Lipinski definition) is 9. The van der Waals surface area contributed by atoms with Crippen LogP contribution >= 0.6 is 23.1 Å². The van der Waals surface area contributed by atoms with Gasteiger partial charge in [0.05, 0.1) is 12.4 Å². The van der Waals surface area contributed by atoms with E-state index in [1.807, 2.05) is 38.1 Å². The van der Waals surface area contributed by atoms with Crippen LogP contribution in [-0.4, -0.2) is 53.4 Å². The molecule has 0 amide bonds. The molecule has 1 N–H and O–H groups in total. The zero-order valence-electron chi connectivity index (χ0n) is 16.9. The summed E-state index contributed by atoms with van der Waals surface area (Å²) >= 11 is 2.83. The second-order valence-electron chi connectivity index (χ2n) is 6.66. The number of ether oxygens (including phenoxy) is 3. The molecule has 0 saturated carbocycles. The summed E-state index contributed by atoms with van der Waals surface area (Å²) in [6.45, 7) is 5.45. The van der Waals surface area contributed by atoms with Crippen LogP contribution in [0, 0.1) is 13.8 Å². The Labute approximate surface area is 182 Å². The number of thioether (sulfide) groups is 1. The average molecular weight is 447 g/mol. The van der Waals surface area contributed by atoms with Crippen LogP contribution in [0.2, 0.25) is 0 Å². The van der Waals surface area contributed by atoms with E-state index >= 15 is 0 Å². The van der Waals surface area contributed by atoms with Gasteiger partial charge < -0.3 is 24.1 Å². The summed E-state index contributed by atoms with van der Waals surface area (Å²) in [5.41, 5.74) is 3.54. The second-order valence-corrected chi connectivity index (χ2v) is 8.86. The van der Waals surface area contributed by atoms with E-state index in [-0.39, 0.29) is 12.6 Å². The van der Waals surface area contributed by atoms with Crippen LogP contribution in [0.3, 0.4) is 0 Å². The molecule has 10 heteroatoms. The third-order valence-electron chi connectivity index (χ3n) is 4.66. The van der Waals surface area contributed by atoms with Crippen molar-refractivity contribution in [3.8, 4) is 17.2 Å². The van der Waals surface area contributed by atoms with Crippen molar-refractivity contribution in [1.29, 1.82) is 0 Å². The first-order valence-corrected chi connectivity index (χ1v) is 11.2. The number of methoxy groups -OCH3 is 1. The molecule has 1 aromatic carbocycles. The average Bonchev–Trinajstić information content (AvgIpc) is 3.45. The van der Waals surface area contributed by atoms with Gasteiger partial charge in [-0.25, -0.2) is 0 Å². The van der Waals surface area contributed by atoms with Crippen LogP contribution in [0.4, 0.5) is 5.13 Å². The number of Topliss-reactive ketones (excluding diaryl/α,β-unsaturated/α-hetero) is 1. The topological polar surface area (TPSA) is 87.5 Å². The van der Waals surface area contributed by atoms with E-state index in [1.165, 1.54) is 23.1 Å². The van der Waals surface area contributed by atoms with Crippen molar-refractivity contribution >= 4 is 34.0 Å². The molecule has 0 bridgehead atoms. The Balaban J connectivity index is 1.44. The molecule has 8 nitrogen and oxygen atoms in total. The lowest BCUT2D eigenvalue weighted by molar-refractivity contribution is 0.102. The third kappa shape index (κ3) is 4.30. The monoisotopic (exact) mass is 446 g/mol. The zero-order valence-corrected chi connectivity index (χ0v) is 18.6. The number of anilines is 1. The summed E-state index contributed by atoms with van der Waals surface area (Å²) in [5.74, 6) is 1.82. The Morgan fingerprint density at radius 1 is 1.27 bits per heavy atom. The van der Waals surface area contributed by atoms with Crippen molar-refractivity contribution in [2.24, 2.45) is 0 Å². The number of fused-ring (bicyclic) bond motifs is 1. The predicted octanol–water partition coefficient (Wildman–Crippen LogP) is 3.71. The highest BCUT2D eigenvalue weighted by Crippen LogP contribution is 2.35. The summed E-state index contributed by atoms with van der Waals surface area (Å²) in [6.07, 6.45) is 0. The highest BCUT2D eigenvalue weighted by atomic mass is 32.2. The number of aryl methyl sites for hydroxylation is 1. The third-order valence-corrected chi connectivity index (χ3v) is 6.68. The Bertz CT molecular complexity index is 1060. The van der Waals surface area contributed by atoms with Crippen LogP contribution < -0.4 is 14.8 Å². The Morgan fingerprint density at radius 3 is 2.93 bits per heavy atom. The Morgan fingerprint density at radius 2 is 2.10 bits per heavy atom. The van der Waals surface area contributed by atoms with Gasteiger partial charge in [-0.1, -0.05) is 23.1 Å². The van der Waals surface area contributed by atoms with Gasteiger partial charge in [-0.05, 0) is 32.0 Å². The highest BCUT2D eigenvalue weighted by molar-refractivity contribution is 8.01. The summed E-state index contributed by atoms with van der Waals surface area (Å²) in [5, 5.41) is 12.1. The number of benzene rings is 1.